The molecule has 0 radical (unpaired) electrons. The Bertz CT molecular complexity index is 1760. The molecular weight excluding hydrogens is 592 g/mol. The molecule has 0 amide bonds. The van der Waals surface area contributed by atoms with Crippen molar-refractivity contribution < 1.29 is 19.0 Å². The molecule has 40 heavy (non-hydrogen) atoms. The second-order valence-corrected chi connectivity index (χ2v) is 10.9. The molecule has 7 nitrogen and oxygen atoms in total. The summed E-state index contributed by atoms with van der Waals surface area (Å²) in [5.41, 5.74) is 3.23. The number of esters is 1. The van der Waals surface area contributed by atoms with Gasteiger partial charge in [0, 0.05) is 0 Å². The topological polar surface area (TPSA) is 79.1 Å². The summed E-state index contributed by atoms with van der Waals surface area (Å²) < 4.78 is 19.8. The fraction of sp³-hybridized carbons (Fsp3) is 0.194. The fourth-order valence-corrected chi connectivity index (χ4v) is 6.21. The molecule has 5 rings (SSSR count). The number of rotatable bonds is 8. The maximum atomic E-state index is 13.8. The van der Waals surface area contributed by atoms with Crippen molar-refractivity contribution in [1.82, 2.24) is 4.57 Å². The first kappa shape index (κ1) is 27.6. The number of carbonyl (C=O) groups excluding carboxylic acids is 1. The first-order valence-electron chi connectivity index (χ1n) is 12.7. The molecule has 0 fully saturated rings. The lowest BCUT2D eigenvalue weighted by molar-refractivity contribution is -0.139. The van der Waals surface area contributed by atoms with Gasteiger partial charge in [0.1, 0.15) is 6.61 Å². The standard InChI is InChI=1S/C31H27BrN2O5S/c1-4-38-30(36)26-19(2)33-31-34(27(26)22-13-9-6-10-14-22)29(35)25(40-31)17-21-15-23(32)28(24(16-21)37-3)39-18-20-11-7-5-8-12-20/h5-17,27H,4,18H2,1-3H3. The molecule has 0 bridgehead atoms. The second kappa shape index (κ2) is 12.1. The summed E-state index contributed by atoms with van der Waals surface area (Å²) in [7, 11) is 1.58. The van der Waals surface area contributed by atoms with Gasteiger partial charge in [-0.3, -0.25) is 9.36 Å². The molecule has 1 aromatic heterocycles. The number of benzene rings is 3. The van der Waals surface area contributed by atoms with Gasteiger partial charge in [-0.05, 0) is 64.7 Å². The van der Waals surface area contributed by atoms with Gasteiger partial charge in [-0.1, -0.05) is 72.0 Å². The van der Waals surface area contributed by atoms with Crippen molar-refractivity contribution in [2.45, 2.75) is 26.5 Å². The van der Waals surface area contributed by atoms with E-state index in [9.17, 15) is 9.59 Å². The number of nitrogens with zero attached hydrogens (tertiary/aromatic N) is 2. The van der Waals surface area contributed by atoms with Crippen LogP contribution in [0.4, 0.5) is 0 Å². The number of halogens is 1. The average Bonchev–Trinajstić information content (AvgIpc) is 3.26. The van der Waals surface area contributed by atoms with Gasteiger partial charge < -0.3 is 14.2 Å². The number of allylic oxidation sites excluding steroid dienone is 1. The summed E-state index contributed by atoms with van der Waals surface area (Å²) in [6, 6.07) is 22.4. The molecule has 0 saturated heterocycles. The normalized spacial score (nSPS) is 14.9. The Hall–Kier alpha value is -3.95. The smallest absolute Gasteiger partial charge is 0.338 e. The summed E-state index contributed by atoms with van der Waals surface area (Å²) in [5.74, 6) is 0.627. The van der Waals surface area contributed by atoms with Gasteiger partial charge in [0.2, 0.25) is 0 Å². The third-order valence-electron chi connectivity index (χ3n) is 6.41. The zero-order chi connectivity index (χ0) is 28.2. The lowest BCUT2D eigenvalue weighted by Gasteiger charge is -2.24. The van der Waals surface area contributed by atoms with E-state index in [0.717, 1.165) is 16.7 Å². The van der Waals surface area contributed by atoms with E-state index in [4.69, 9.17) is 14.2 Å². The van der Waals surface area contributed by atoms with Crippen LogP contribution in [0.25, 0.3) is 6.08 Å². The minimum absolute atomic E-state index is 0.226. The third kappa shape index (κ3) is 5.52. The Morgan fingerprint density at radius 3 is 2.48 bits per heavy atom. The van der Waals surface area contributed by atoms with Gasteiger partial charge in [0.25, 0.3) is 5.56 Å². The lowest BCUT2D eigenvalue weighted by atomic mass is 9.96. The number of ether oxygens (including phenoxy) is 3. The van der Waals surface area contributed by atoms with Crippen molar-refractivity contribution in [3.63, 3.8) is 0 Å². The molecule has 0 saturated carbocycles. The van der Waals surface area contributed by atoms with Gasteiger partial charge in [0.05, 0.1) is 40.0 Å². The predicted octanol–water partition coefficient (Wildman–Crippen LogP) is 5.15. The number of aromatic nitrogens is 1. The van der Waals surface area contributed by atoms with Crippen LogP contribution in [0.2, 0.25) is 0 Å². The summed E-state index contributed by atoms with van der Waals surface area (Å²) in [5, 5.41) is 0. The van der Waals surface area contributed by atoms with Gasteiger partial charge in [-0.15, -0.1) is 0 Å². The average molecular weight is 620 g/mol. The lowest BCUT2D eigenvalue weighted by Crippen LogP contribution is -2.39. The van der Waals surface area contributed by atoms with Crippen LogP contribution in [0.5, 0.6) is 11.5 Å². The summed E-state index contributed by atoms with van der Waals surface area (Å²) in [4.78, 5) is 32.0. The molecule has 204 valence electrons. The Morgan fingerprint density at radius 1 is 1.10 bits per heavy atom. The number of carbonyl (C=O) groups is 1. The Kier molecular flexibility index (Phi) is 8.32. The quantitative estimate of drug-likeness (QED) is 0.255. The maximum absolute atomic E-state index is 13.8. The van der Waals surface area contributed by atoms with E-state index in [1.807, 2.05) is 72.8 Å². The Labute approximate surface area is 243 Å². The minimum atomic E-state index is -0.645. The molecule has 1 aliphatic heterocycles. The van der Waals surface area contributed by atoms with Crippen LogP contribution in [0.3, 0.4) is 0 Å². The molecule has 2 heterocycles. The van der Waals surface area contributed by atoms with Crippen LogP contribution in [-0.4, -0.2) is 24.3 Å². The maximum Gasteiger partial charge on any atom is 0.338 e. The van der Waals surface area contributed by atoms with Crippen LogP contribution in [0.15, 0.2) is 98.3 Å². The van der Waals surface area contributed by atoms with E-state index in [1.54, 1.807) is 31.6 Å². The number of fused-ring (bicyclic) bond motifs is 1. The monoisotopic (exact) mass is 618 g/mol. The molecule has 1 unspecified atom stereocenters. The molecule has 3 aromatic carbocycles. The fourth-order valence-electron chi connectivity index (χ4n) is 4.59. The van der Waals surface area contributed by atoms with Crippen molar-refractivity contribution in [2.24, 2.45) is 4.99 Å². The molecule has 1 aliphatic rings. The van der Waals surface area contributed by atoms with Crippen LogP contribution >= 0.6 is 27.3 Å². The van der Waals surface area contributed by atoms with Crippen molar-refractivity contribution >= 4 is 39.3 Å². The first-order chi connectivity index (χ1) is 19.4. The van der Waals surface area contributed by atoms with Crippen LogP contribution in [-0.2, 0) is 16.1 Å². The number of hydrogen-bond donors (Lipinski definition) is 0. The largest absolute Gasteiger partial charge is 0.493 e. The summed E-state index contributed by atoms with van der Waals surface area (Å²) in [6.07, 6.45) is 1.80. The Morgan fingerprint density at radius 2 is 1.80 bits per heavy atom. The SMILES string of the molecule is CCOC(=O)C1=C(C)N=c2sc(=Cc3cc(Br)c(OCc4ccccc4)c(OC)c3)c(=O)n2C1c1ccccc1. The van der Waals surface area contributed by atoms with E-state index >= 15 is 0 Å². The van der Waals surface area contributed by atoms with Crippen molar-refractivity contribution in [3.05, 3.63) is 125 Å². The highest BCUT2D eigenvalue weighted by molar-refractivity contribution is 9.10. The first-order valence-corrected chi connectivity index (χ1v) is 14.3. The van der Waals surface area contributed by atoms with Crippen LogP contribution in [0, 0.1) is 0 Å². The van der Waals surface area contributed by atoms with Crippen LogP contribution < -0.4 is 24.4 Å². The van der Waals surface area contributed by atoms with Crippen molar-refractivity contribution in [3.8, 4) is 11.5 Å². The third-order valence-corrected chi connectivity index (χ3v) is 7.98. The van der Waals surface area contributed by atoms with Gasteiger partial charge in [0.15, 0.2) is 16.3 Å². The van der Waals surface area contributed by atoms with E-state index in [0.29, 0.717) is 43.2 Å². The molecule has 0 aliphatic carbocycles. The van der Waals surface area contributed by atoms with Crippen molar-refractivity contribution in [1.29, 1.82) is 0 Å². The molecule has 1 atom stereocenters. The summed E-state index contributed by atoms with van der Waals surface area (Å²) in [6.45, 7) is 4.14. The summed E-state index contributed by atoms with van der Waals surface area (Å²) >= 11 is 4.88. The van der Waals surface area contributed by atoms with E-state index in [1.165, 1.54) is 11.3 Å². The highest BCUT2D eigenvalue weighted by Gasteiger charge is 2.33. The highest BCUT2D eigenvalue weighted by Crippen LogP contribution is 2.37. The van der Waals surface area contributed by atoms with Gasteiger partial charge in [-0.2, -0.15) is 0 Å². The zero-order valence-electron chi connectivity index (χ0n) is 22.2. The van der Waals surface area contributed by atoms with Gasteiger partial charge in [-0.25, -0.2) is 9.79 Å². The number of methoxy groups -OCH3 is 1. The zero-order valence-corrected chi connectivity index (χ0v) is 24.6. The predicted molar refractivity (Wildman–Crippen MR) is 158 cm³/mol. The van der Waals surface area contributed by atoms with Crippen molar-refractivity contribution in [2.75, 3.05) is 13.7 Å². The van der Waals surface area contributed by atoms with E-state index in [-0.39, 0.29) is 12.2 Å². The molecule has 4 aromatic rings. The highest BCUT2D eigenvalue weighted by atomic mass is 79.9. The number of hydrogen-bond acceptors (Lipinski definition) is 7. The molecule has 0 spiro atoms. The number of thiazole rings is 1. The molecule has 0 N–H and O–H groups in total. The van der Waals surface area contributed by atoms with E-state index < -0.39 is 12.0 Å². The second-order valence-electron chi connectivity index (χ2n) is 9.02. The minimum Gasteiger partial charge on any atom is -0.493 e. The Balaban J connectivity index is 1.58. The van der Waals surface area contributed by atoms with Gasteiger partial charge >= 0.3 is 5.97 Å². The van der Waals surface area contributed by atoms with E-state index in [2.05, 4.69) is 20.9 Å². The molecule has 9 heteroatoms. The van der Waals surface area contributed by atoms with Crippen LogP contribution in [0.1, 0.15) is 36.6 Å². The molecular formula is C31H27BrN2O5S.